The zero-order valence-corrected chi connectivity index (χ0v) is 28.2. The van der Waals surface area contributed by atoms with Crippen LogP contribution in [-0.4, -0.2) is 78.5 Å². The van der Waals surface area contributed by atoms with Gasteiger partial charge < -0.3 is 14.8 Å². The van der Waals surface area contributed by atoms with Crippen LogP contribution in [-0.2, 0) is 19.1 Å². The summed E-state index contributed by atoms with van der Waals surface area (Å²) in [6.45, 7) is 7.90. The van der Waals surface area contributed by atoms with Crippen molar-refractivity contribution >= 4 is 47.8 Å². The minimum atomic E-state index is -0.766. The number of piperazine rings is 1. The number of dihydropyridines is 1. The third-order valence-electron chi connectivity index (χ3n) is 8.66. The van der Waals surface area contributed by atoms with Crippen molar-refractivity contribution in [2.45, 2.75) is 25.8 Å². The van der Waals surface area contributed by atoms with Gasteiger partial charge in [0.1, 0.15) is 17.6 Å². The third kappa shape index (κ3) is 7.52. The number of ether oxygens (including phenoxy) is 2. The number of methoxy groups -OCH3 is 1. The summed E-state index contributed by atoms with van der Waals surface area (Å²) >= 11 is 0. The lowest BCUT2D eigenvalue weighted by Gasteiger charge is -2.39. The minimum Gasteiger partial charge on any atom is -0.466 e. The molecule has 0 radical (unpaired) electrons. The Hall–Kier alpha value is -4.22. The molecule has 2 aliphatic heterocycles. The quantitative estimate of drug-likeness (QED) is 0.230. The van der Waals surface area contributed by atoms with Crippen LogP contribution in [0.25, 0.3) is 11.0 Å². The van der Waals surface area contributed by atoms with Crippen molar-refractivity contribution in [3.8, 4) is 0 Å². The average molecular weight is 681 g/mol. The molecule has 1 unspecified atom stereocenters. The summed E-state index contributed by atoms with van der Waals surface area (Å²) in [7, 11) is 1.32. The van der Waals surface area contributed by atoms with E-state index in [9.17, 15) is 9.59 Å². The van der Waals surface area contributed by atoms with E-state index >= 15 is 0 Å². The second-order valence-corrected chi connectivity index (χ2v) is 11.3. The van der Waals surface area contributed by atoms with Crippen LogP contribution in [0.15, 0.2) is 106 Å². The highest BCUT2D eigenvalue weighted by molar-refractivity contribution is 6.01. The Bertz CT molecular complexity index is 1700. The van der Waals surface area contributed by atoms with Gasteiger partial charge in [0.2, 0.25) is 0 Å². The molecule has 0 saturated carbocycles. The first-order valence-corrected chi connectivity index (χ1v) is 15.2. The van der Waals surface area contributed by atoms with Gasteiger partial charge in [0.05, 0.1) is 30.2 Å². The van der Waals surface area contributed by atoms with Gasteiger partial charge in [-0.1, -0.05) is 72.8 Å². The summed E-state index contributed by atoms with van der Waals surface area (Å²) in [5.74, 6) is -1.81. The monoisotopic (exact) mass is 679 g/mol. The summed E-state index contributed by atoms with van der Waals surface area (Å²) in [5.41, 5.74) is 6.00. The zero-order chi connectivity index (χ0) is 31.3. The molecular weight excluding hydrogens is 641 g/mol. The number of allylic oxidation sites excluding steroid dienone is 2. The number of rotatable bonds is 9. The number of halogens is 2. The molecule has 1 saturated heterocycles. The molecule has 248 valence electrons. The van der Waals surface area contributed by atoms with Crippen molar-refractivity contribution in [3.63, 3.8) is 0 Å². The number of hydrogen-bond donors (Lipinski definition) is 1. The number of esters is 2. The number of carbonyl (C=O) groups is 2. The van der Waals surface area contributed by atoms with E-state index in [1.165, 1.54) is 18.2 Å². The molecule has 1 aromatic heterocycles. The van der Waals surface area contributed by atoms with Gasteiger partial charge in [-0.3, -0.25) is 9.80 Å². The average Bonchev–Trinajstić information content (AvgIpc) is 3.55. The lowest BCUT2D eigenvalue weighted by atomic mass is 9.80. The number of nitrogens with one attached hydrogen (secondary N) is 1. The fraction of sp³-hybridized carbons (Fsp3) is 0.314. The van der Waals surface area contributed by atoms with Gasteiger partial charge in [-0.15, -0.1) is 24.8 Å². The molecule has 0 amide bonds. The van der Waals surface area contributed by atoms with Gasteiger partial charge in [-0.2, -0.15) is 0 Å². The van der Waals surface area contributed by atoms with Crippen molar-refractivity contribution in [2.24, 2.45) is 0 Å². The van der Waals surface area contributed by atoms with Crippen molar-refractivity contribution in [1.29, 1.82) is 0 Å². The molecule has 1 N–H and O–H groups in total. The highest BCUT2D eigenvalue weighted by atomic mass is 35.5. The minimum absolute atomic E-state index is 0. The molecule has 6 rings (SSSR count). The topological polar surface area (TPSA) is 110 Å². The van der Waals surface area contributed by atoms with Gasteiger partial charge in [0.25, 0.3) is 0 Å². The van der Waals surface area contributed by atoms with Gasteiger partial charge in [-0.05, 0) is 46.9 Å². The van der Waals surface area contributed by atoms with Crippen LogP contribution in [0.2, 0.25) is 0 Å². The molecule has 0 spiro atoms. The van der Waals surface area contributed by atoms with E-state index in [4.69, 9.17) is 14.1 Å². The molecule has 10 nitrogen and oxygen atoms in total. The highest BCUT2D eigenvalue weighted by Gasteiger charge is 2.39. The van der Waals surface area contributed by atoms with Crippen molar-refractivity contribution in [3.05, 3.63) is 118 Å². The zero-order valence-electron chi connectivity index (χ0n) is 26.5. The molecule has 2 aliphatic rings. The maximum atomic E-state index is 13.7. The highest BCUT2D eigenvalue weighted by Crippen LogP contribution is 2.41. The molecule has 3 aromatic carbocycles. The molecule has 1 atom stereocenters. The van der Waals surface area contributed by atoms with Crippen molar-refractivity contribution < 1.29 is 23.7 Å². The van der Waals surface area contributed by atoms with Gasteiger partial charge in [-0.25, -0.2) is 14.2 Å². The van der Waals surface area contributed by atoms with Gasteiger partial charge in [0.15, 0.2) is 0 Å². The molecule has 3 heterocycles. The second kappa shape index (κ2) is 16.1. The fourth-order valence-corrected chi connectivity index (χ4v) is 6.49. The molecule has 0 bridgehead atoms. The van der Waals surface area contributed by atoms with E-state index < -0.39 is 17.9 Å². The van der Waals surface area contributed by atoms with Crippen LogP contribution in [0.3, 0.4) is 0 Å². The summed E-state index contributed by atoms with van der Waals surface area (Å²) in [6, 6.07) is 26.8. The van der Waals surface area contributed by atoms with E-state index in [1.54, 1.807) is 26.0 Å². The number of aromatic nitrogens is 2. The molecule has 12 heteroatoms. The Morgan fingerprint density at radius 2 is 1.43 bits per heavy atom. The first-order chi connectivity index (χ1) is 22.0. The second-order valence-electron chi connectivity index (χ2n) is 11.3. The summed E-state index contributed by atoms with van der Waals surface area (Å²) < 4.78 is 16.0. The fourth-order valence-electron chi connectivity index (χ4n) is 6.49. The Morgan fingerprint density at radius 3 is 2.02 bits per heavy atom. The van der Waals surface area contributed by atoms with E-state index in [2.05, 4.69) is 74.0 Å². The Labute approximate surface area is 286 Å². The molecular formula is C35H39Cl2N5O5. The van der Waals surface area contributed by atoms with E-state index in [0.29, 0.717) is 45.7 Å². The normalized spacial score (nSPS) is 17.1. The number of carbonyl (C=O) groups excluding carboxylic acids is 2. The Balaban J connectivity index is 0.00000250. The third-order valence-corrected chi connectivity index (χ3v) is 8.66. The summed E-state index contributed by atoms with van der Waals surface area (Å²) in [5, 5.41) is 11.2. The van der Waals surface area contributed by atoms with Crippen molar-refractivity contribution in [1.82, 2.24) is 25.4 Å². The lowest BCUT2D eigenvalue weighted by Crippen LogP contribution is -2.48. The Morgan fingerprint density at radius 1 is 0.830 bits per heavy atom. The van der Waals surface area contributed by atoms with Crippen LogP contribution in [0.1, 0.15) is 42.5 Å². The summed E-state index contributed by atoms with van der Waals surface area (Å²) in [4.78, 5) is 31.6. The Kier molecular flexibility index (Phi) is 12.2. The standard InChI is InChI=1S/C35H37N5O5.2ClH/c1-23-29(34(41)43-3)31(27-15-10-16-28-32(27)38-45-37-28)30(24(2)36-23)35(42)44-22-21-39-17-19-40(20-18-39)33(25-11-6-4-7-12-25)26-13-8-5-9-14-26;;/h4-16,31,33,36H,17-22H2,1-3H3;2*1H. The van der Waals surface area contributed by atoms with E-state index in [0.717, 1.165) is 26.2 Å². The van der Waals surface area contributed by atoms with Gasteiger partial charge >= 0.3 is 11.9 Å². The van der Waals surface area contributed by atoms with Crippen LogP contribution >= 0.6 is 24.8 Å². The van der Waals surface area contributed by atoms with Crippen molar-refractivity contribution in [2.75, 3.05) is 46.4 Å². The molecule has 1 fully saturated rings. The maximum absolute atomic E-state index is 13.7. The number of nitrogens with zero attached hydrogens (tertiary/aromatic N) is 4. The van der Waals surface area contributed by atoms with Crippen LogP contribution in [0.4, 0.5) is 0 Å². The molecule has 4 aromatic rings. The molecule has 0 aliphatic carbocycles. The summed E-state index contributed by atoms with van der Waals surface area (Å²) in [6.07, 6.45) is 0. The predicted octanol–water partition coefficient (Wildman–Crippen LogP) is 5.42. The number of benzene rings is 3. The smallest absolute Gasteiger partial charge is 0.336 e. The SMILES string of the molecule is COC(=O)C1=C(C)NC(C)=C(C(=O)OCCN2CCN(C(c3ccccc3)c3ccccc3)CC2)C1c1cccc2nonc12.Cl.Cl. The van der Waals surface area contributed by atoms with E-state index in [1.807, 2.05) is 18.2 Å². The predicted molar refractivity (Wildman–Crippen MR) is 183 cm³/mol. The van der Waals surface area contributed by atoms with E-state index in [-0.39, 0.29) is 37.5 Å². The van der Waals surface area contributed by atoms with Crippen LogP contribution < -0.4 is 5.32 Å². The van der Waals surface area contributed by atoms with Crippen LogP contribution in [0, 0.1) is 0 Å². The number of fused-ring (bicyclic) bond motifs is 1. The number of hydrogen-bond acceptors (Lipinski definition) is 10. The first kappa shape index (κ1) is 35.6. The first-order valence-electron chi connectivity index (χ1n) is 15.2. The maximum Gasteiger partial charge on any atom is 0.336 e. The lowest BCUT2D eigenvalue weighted by molar-refractivity contribution is -0.140. The largest absolute Gasteiger partial charge is 0.466 e. The van der Waals surface area contributed by atoms with Crippen LogP contribution in [0.5, 0.6) is 0 Å². The van der Waals surface area contributed by atoms with Gasteiger partial charge in [0, 0.05) is 44.1 Å². The molecule has 47 heavy (non-hydrogen) atoms.